The Kier molecular flexibility index (Phi) is 2.89. The zero-order chi connectivity index (χ0) is 13.4. The lowest BCUT2D eigenvalue weighted by atomic mass is 10.1. The summed E-state index contributed by atoms with van der Waals surface area (Å²) in [6.45, 7) is 4.12. The minimum Gasteiger partial charge on any atom is -0.339 e. The van der Waals surface area contributed by atoms with Crippen LogP contribution in [-0.2, 0) is 6.42 Å². The van der Waals surface area contributed by atoms with E-state index < -0.39 is 0 Å². The maximum absolute atomic E-state index is 4.85. The highest BCUT2D eigenvalue weighted by molar-refractivity contribution is 5.73. The van der Waals surface area contributed by atoms with E-state index in [9.17, 15) is 0 Å². The molecule has 0 atom stereocenters. The maximum atomic E-state index is 4.85. The van der Waals surface area contributed by atoms with Gasteiger partial charge in [0, 0.05) is 43.4 Å². The van der Waals surface area contributed by atoms with Crippen molar-refractivity contribution in [1.29, 1.82) is 0 Å². The topological polar surface area (TPSA) is 41.1 Å². The lowest BCUT2D eigenvalue weighted by Crippen LogP contribution is -2.29. The van der Waals surface area contributed by atoms with Gasteiger partial charge in [-0.3, -0.25) is 0 Å². The summed E-state index contributed by atoms with van der Waals surface area (Å²) < 4.78 is 0. The molecule has 0 amide bonds. The first-order valence-electron chi connectivity index (χ1n) is 7.32. The van der Waals surface area contributed by atoms with E-state index in [1.165, 1.54) is 16.7 Å². The molecule has 0 saturated carbocycles. The summed E-state index contributed by atoms with van der Waals surface area (Å²) in [7, 11) is 0. The van der Waals surface area contributed by atoms with Gasteiger partial charge in [-0.05, 0) is 18.5 Å². The van der Waals surface area contributed by atoms with Gasteiger partial charge in [0.15, 0.2) is 0 Å². The summed E-state index contributed by atoms with van der Waals surface area (Å²) in [5, 5.41) is 3.42. The van der Waals surface area contributed by atoms with Crippen molar-refractivity contribution in [3.05, 3.63) is 41.6 Å². The van der Waals surface area contributed by atoms with Gasteiger partial charge in [0.2, 0.25) is 5.95 Å². The number of aromatic nitrogens is 2. The standard InChI is InChI=1S/C16H18N4/c1-2-5-14-12(4-1)10-13-11-18-16(19-15(13)14)20-8-3-6-17-7-9-20/h1-2,4-5,11,17H,3,6-10H2. The van der Waals surface area contributed by atoms with Crippen LogP contribution in [0.3, 0.4) is 0 Å². The van der Waals surface area contributed by atoms with E-state index in [4.69, 9.17) is 4.98 Å². The SMILES string of the molecule is c1ccc2c(c1)Cc1cnc(N3CCCNCC3)nc1-2. The van der Waals surface area contributed by atoms with Crippen LogP contribution in [0.25, 0.3) is 11.3 Å². The van der Waals surface area contributed by atoms with E-state index in [2.05, 4.69) is 39.5 Å². The second kappa shape index (κ2) is 4.87. The van der Waals surface area contributed by atoms with Gasteiger partial charge >= 0.3 is 0 Å². The van der Waals surface area contributed by atoms with Gasteiger partial charge in [-0.25, -0.2) is 9.97 Å². The number of anilines is 1. The third-order valence-electron chi connectivity index (χ3n) is 4.13. The number of fused-ring (bicyclic) bond motifs is 3. The molecular formula is C16H18N4. The predicted molar refractivity (Wildman–Crippen MR) is 80.0 cm³/mol. The average molecular weight is 266 g/mol. The largest absolute Gasteiger partial charge is 0.339 e. The van der Waals surface area contributed by atoms with E-state index in [1.54, 1.807) is 0 Å². The Bertz CT molecular complexity index is 630. The normalized spacial score (nSPS) is 17.5. The lowest BCUT2D eigenvalue weighted by molar-refractivity contribution is 0.724. The Labute approximate surface area is 118 Å². The Morgan fingerprint density at radius 3 is 3.00 bits per heavy atom. The van der Waals surface area contributed by atoms with E-state index in [-0.39, 0.29) is 0 Å². The summed E-state index contributed by atoms with van der Waals surface area (Å²) in [4.78, 5) is 11.7. The molecule has 1 fully saturated rings. The van der Waals surface area contributed by atoms with E-state index in [1.807, 2.05) is 6.20 Å². The Morgan fingerprint density at radius 1 is 1.05 bits per heavy atom. The number of hydrogen-bond acceptors (Lipinski definition) is 4. The second-order valence-electron chi connectivity index (χ2n) is 5.47. The van der Waals surface area contributed by atoms with Gasteiger partial charge in [0.25, 0.3) is 0 Å². The fourth-order valence-electron chi connectivity index (χ4n) is 3.07. The van der Waals surface area contributed by atoms with Crippen molar-refractivity contribution < 1.29 is 0 Å². The second-order valence-corrected chi connectivity index (χ2v) is 5.47. The first-order chi connectivity index (χ1) is 9.92. The molecule has 2 aromatic rings. The summed E-state index contributed by atoms with van der Waals surface area (Å²) in [5.41, 5.74) is 5.02. The Morgan fingerprint density at radius 2 is 2.00 bits per heavy atom. The van der Waals surface area contributed by atoms with Crippen LogP contribution in [-0.4, -0.2) is 36.1 Å². The van der Waals surface area contributed by atoms with Crippen molar-refractivity contribution in [2.24, 2.45) is 0 Å². The average Bonchev–Trinajstić information content (AvgIpc) is 2.67. The lowest BCUT2D eigenvalue weighted by Gasteiger charge is -2.20. The van der Waals surface area contributed by atoms with Gasteiger partial charge in [-0.15, -0.1) is 0 Å². The smallest absolute Gasteiger partial charge is 0.225 e. The molecule has 0 unspecified atom stereocenters. The number of hydrogen-bond donors (Lipinski definition) is 1. The van der Waals surface area contributed by atoms with E-state index in [0.29, 0.717) is 0 Å². The molecule has 2 heterocycles. The molecule has 2 aliphatic rings. The summed E-state index contributed by atoms with van der Waals surface area (Å²) in [6, 6.07) is 8.54. The van der Waals surface area contributed by atoms with Gasteiger partial charge in [0.1, 0.15) is 0 Å². The van der Waals surface area contributed by atoms with Crippen molar-refractivity contribution in [3.63, 3.8) is 0 Å². The zero-order valence-corrected chi connectivity index (χ0v) is 11.5. The van der Waals surface area contributed by atoms with Gasteiger partial charge in [0.05, 0.1) is 5.69 Å². The highest BCUT2D eigenvalue weighted by Gasteiger charge is 2.22. The zero-order valence-electron chi connectivity index (χ0n) is 11.5. The third-order valence-corrected chi connectivity index (χ3v) is 4.13. The number of nitrogens with zero attached hydrogens (tertiary/aromatic N) is 3. The monoisotopic (exact) mass is 266 g/mol. The van der Waals surface area contributed by atoms with Crippen LogP contribution in [0.4, 0.5) is 5.95 Å². The van der Waals surface area contributed by atoms with Crippen LogP contribution >= 0.6 is 0 Å². The molecule has 4 heteroatoms. The Hall–Kier alpha value is -1.94. The highest BCUT2D eigenvalue weighted by atomic mass is 15.3. The molecule has 1 aromatic heterocycles. The van der Waals surface area contributed by atoms with Gasteiger partial charge < -0.3 is 10.2 Å². The molecule has 4 rings (SSSR count). The summed E-state index contributed by atoms with van der Waals surface area (Å²) >= 11 is 0. The van der Waals surface area contributed by atoms with Crippen LogP contribution in [0.5, 0.6) is 0 Å². The molecule has 4 nitrogen and oxygen atoms in total. The molecule has 20 heavy (non-hydrogen) atoms. The van der Waals surface area contributed by atoms with Crippen molar-refractivity contribution in [2.75, 3.05) is 31.1 Å². The molecule has 102 valence electrons. The quantitative estimate of drug-likeness (QED) is 0.730. The third kappa shape index (κ3) is 1.96. The molecular weight excluding hydrogens is 248 g/mol. The maximum Gasteiger partial charge on any atom is 0.225 e. The van der Waals surface area contributed by atoms with Crippen LogP contribution < -0.4 is 10.2 Å². The molecule has 1 N–H and O–H groups in total. The first-order valence-corrected chi connectivity index (χ1v) is 7.32. The molecule has 0 spiro atoms. The van der Waals surface area contributed by atoms with Crippen molar-refractivity contribution in [1.82, 2.24) is 15.3 Å². The van der Waals surface area contributed by atoms with Gasteiger partial charge in [-0.1, -0.05) is 24.3 Å². The van der Waals surface area contributed by atoms with E-state index in [0.717, 1.165) is 50.7 Å². The number of benzene rings is 1. The number of rotatable bonds is 1. The fraction of sp³-hybridized carbons (Fsp3) is 0.375. The number of nitrogens with one attached hydrogen (secondary N) is 1. The summed E-state index contributed by atoms with van der Waals surface area (Å²) in [5.74, 6) is 0.879. The van der Waals surface area contributed by atoms with Crippen molar-refractivity contribution in [2.45, 2.75) is 12.8 Å². The minimum absolute atomic E-state index is 0.879. The fourth-order valence-corrected chi connectivity index (χ4v) is 3.07. The van der Waals surface area contributed by atoms with Crippen LogP contribution in [0.1, 0.15) is 17.5 Å². The highest BCUT2D eigenvalue weighted by Crippen LogP contribution is 2.35. The molecule has 0 radical (unpaired) electrons. The first kappa shape index (κ1) is 11.9. The summed E-state index contributed by atoms with van der Waals surface area (Å²) in [6.07, 6.45) is 4.13. The van der Waals surface area contributed by atoms with Gasteiger partial charge in [-0.2, -0.15) is 0 Å². The minimum atomic E-state index is 0.879. The molecule has 1 aromatic carbocycles. The molecule has 0 bridgehead atoms. The van der Waals surface area contributed by atoms with Crippen LogP contribution in [0.2, 0.25) is 0 Å². The molecule has 1 aliphatic carbocycles. The molecule has 1 saturated heterocycles. The molecule has 1 aliphatic heterocycles. The predicted octanol–water partition coefficient (Wildman–Crippen LogP) is 1.85. The van der Waals surface area contributed by atoms with Crippen LogP contribution in [0.15, 0.2) is 30.5 Å². The van der Waals surface area contributed by atoms with Crippen LogP contribution in [0, 0.1) is 0 Å². The Balaban J connectivity index is 1.72. The van der Waals surface area contributed by atoms with E-state index >= 15 is 0 Å². The van der Waals surface area contributed by atoms with Crippen molar-refractivity contribution >= 4 is 5.95 Å². The van der Waals surface area contributed by atoms with Crippen molar-refractivity contribution in [3.8, 4) is 11.3 Å².